The van der Waals surface area contributed by atoms with Gasteiger partial charge in [0.15, 0.2) is 0 Å². The summed E-state index contributed by atoms with van der Waals surface area (Å²) in [5.41, 5.74) is 16.7. The van der Waals surface area contributed by atoms with Crippen LogP contribution in [0.5, 0.6) is 0 Å². The fraction of sp³-hybridized carbons (Fsp3) is 0.216. The molecule has 0 aromatic heterocycles. The molecular weight excluding hydrogens is 627 g/mol. The maximum Gasteiger partial charge on any atom is 0.0398 e. The summed E-state index contributed by atoms with van der Waals surface area (Å²) in [7, 11) is 0. The summed E-state index contributed by atoms with van der Waals surface area (Å²) in [5, 5.41) is 11.5. The highest BCUT2D eigenvalue weighted by Crippen LogP contribution is 2.46. The largest absolute Gasteiger partial charge is 0.387 e. The van der Waals surface area contributed by atoms with Crippen LogP contribution in [0.2, 0.25) is 0 Å². The molecule has 1 nitrogen and oxygen atoms in total. The van der Waals surface area contributed by atoms with Gasteiger partial charge in [0, 0.05) is 6.54 Å². The van der Waals surface area contributed by atoms with Crippen molar-refractivity contribution in [2.24, 2.45) is 0 Å². The first-order valence-electron chi connectivity index (χ1n) is 19.1. The monoisotopic (exact) mass is 673 g/mol. The van der Waals surface area contributed by atoms with Crippen molar-refractivity contribution in [2.45, 2.75) is 65.2 Å². The van der Waals surface area contributed by atoms with Gasteiger partial charge in [0.25, 0.3) is 0 Å². The van der Waals surface area contributed by atoms with E-state index in [-0.39, 0.29) is 5.41 Å². The lowest BCUT2D eigenvalue weighted by Crippen LogP contribution is -2.14. The standard InChI is InChI=1S/C51H47N/c1-33-11-8-9-15-43(33)46-30-38(21-20-37(46)27-34-12-6-5-7-13-34)48-31-47(36-18-16-35(17-19-36)41-14-10-26-52-32-41)44-24-22-39-28-42(51(2,3)4)29-40-23-25-45(48)50(44)49(39)40/h5-7,9-10,12-16,18,20-26,28-31,52H,8,11,17,19,27,32H2,1-4H3. The average molecular weight is 674 g/mol. The zero-order valence-corrected chi connectivity index (χ0v) is 30.9. The number of rotatable bonds is 6. The molecule has 0 atom stereocenters. The quantitative estimate of drug-likeness (QED) is 0.174. The van der Waals surface area contributed by atoms with Crippen LogP contribution in [0.3, 0.4) is 0 Å². The zero-order valence-electron chi connectivity index (χ0n) is 30.9. The topological polar surface area (TPSA) is 12.0 Å². The molecule has 0 spiro atoms. The minimum atomic E-state index is 0.0785. The van der Waals surface area contributed by atoms with Gasteiger partial charge >= 0.3 is 0 Å². The van der Waals surface area contributed by atoms with Crippen LogP contribution < -0.4 is 5.32 Å². The number of allylic oxidation sites excluding steroid dienone is 9. The van der Waals surface area contributed by atoms with Crippen molar-refractivity contribution in [1.82, 2.24) is 5.32 Å². The summed E-state index contributed by atoms with van der Waals surface area (Å²) in [4.78, 5) is 0. The Balaban J connectivity index is 1.29. The van der Waals surface area contributed by atoms with Crippen LogP contribution in [-0.2, 0) is 11.8 Å². The third-order valence-electron chi connectivity index (χ3n) is 11.7. The van der Waals surface area contributed by atoms with Crippen molar-refractivity contribution < 1.29 is 0 Å². The van der Waals surface area contributed by atoms with Gasteiger partial charge in [0.05, 0.1) is 0 Å². The van der Waals surface area contributed by atoms with Crippen LogP contribution >= 0.6 is 0 Å². The Bertz CT molecular complexity index is 2540. The number of dihydropyridines is 1. The third-order valence-corrected chi connectivity index (χ3v) is 11.7. The van der Waals surface area contributed by atoms with E-state index in [2.05, 4.69) is 160 Å². The zero-order chi connectivity index (χ0) is 35.4. The van der Waals surface area contributed by atoms with Gasteiger partial charge < -0.3 is 5.32 Å². The van der Waals surface area contributed by atoms with E-state index in [1.165, 1.54) is 99.1 Å². The van der Waals surface area contributed by atoms with Crippen molar-refractivity contribution in [3.05, 3.63) is 178 Å². The average Bonchev–Trinajstić information content (AvgIpc) is 3.17. The van der Waals surface area contributed by atoms with Gasteiger partial charge in [-0.25, -0.2) is 0 Å². The number of hydrogen-bond donors (Lipinski definition) is 1. The third kappa shape index (κ3) is 5.83. The molecule has 3 aliphatic rings. The van der Waals surface area contributed by atoms with E-state index in [0.29, 0.717) is 0 Å². The van der Waals surface area contributed by atoms with E-state index >= 15 is 0 Å². The summed E-state index contributed by atoms with van der Waals surface area (Å²) in [6, 6.07) is 35.2. The van der Waals surface area contributed by atoms with Crippen molar-refractivity contribution in [3.63, 3.8) is 0 Å². The van der Waals surface area contributed by atoms with Gasteiger partial charge in [-0.1, -0.05) is 136 Å². The lowest BCUT2D eigenvalue weighted by atomic mass is 9.80. The predicted octanol–water partition coefficient (Wildman–Crippen LogP) is 13.4. The molecular formula is C51H47N. The lowest BCUT2D eigenvalue weighted by Gasteiger charge is -2.24. The first-order chi connectivity index (χ1) is 25.3. The number of benzene rings is 6. The van der Waals surface area contributed by atoms with Crippen molar-refractivity contribution >= 4 is 43.5 Å². The fourth-order valence-electron chi connectivity index (χ4n) is 8.73. The maximum absolute atomic E-state index is 3.40. The van der Waals surface area contributed by atoms with Gasteiger partial charge in [0.1, 0.15) is 0 Å². The molecule has 6 aromatic rings. The van der Waals surface area contributed by atoms with Crippen LogP contribution in [0.4, 0.5) is 0 Å². The Morgan fingerprint density at radius 2 is 1.40 bits per heavy atom. The summed E-state index contributed by atoms with van der Waals surface area (Å²) in [5.74, 6) is 0. The molecule has 0 radical (unpaired) electrons. The summed E-state index contributed by atoms with van der Waals surface area (Å²) < 4.78 is 0. The Hall–Kier alpha value is -5.40. The van der Waals surface area contributed by atoms with Crippen LogP contribution in [-0.4, -0.2) is 6.54 Å². The minimum absolute atomic E-state index is 0.0785. The van der Waals surface area contributed by atoms with Crippen LogP contribution in [0.25, 0.3) is 54.6 Å². The molecule has 0 saturated carbocycles. The van der Waals surface area contributed by atoms with Gasteiger partial charge in [-0.05, 0) is 162 Å². The maximum atomic E-state index is 3.40. The second-order valence-electron chi connectivity index (χ2n) is 16.1. The number of nitrogens with one attached hydrogen (secondary N) is 1. The highest BCUT2D eigenvalue weighted by molar-refractivity contribution is 6.27. The molecule has 0 unspecified atom stereocenters. The molecule has 9 rings (SSSR count). The highest BCUT2D eigenvalue weighted by Gasteiger charge is 2.23. The summed E-state index contributed by atoms with van der Waals surface area (Å²) in [6.45, 7) is 10.2. The van der Waals surface area contributed by atoms with Crippen LogP contribution in [0.1, 0.15) is 81.2 Å². The van der Waals surface area contributed by atoms with Crippen LogP contribution in [0.15, 0.2) is 150 Å². The molecule has 0 fully saturated rings. The Morgan fingerprint density at radius 3 is 2.10 bits per heavy atom. The van der Waals surface area contributed by atoms with Crippen molar-refractivity contribution in [3.8, 4) is 11.1 Å². The molecule has 2 aliphatic carbocycles. The SMILES string of the molecule is CC1=C(c2cc(-c3cc(C4=CC=C(C5=CC=CNC5)CC4)c4ccc5cc(C(C)(C)C)cc6ccc3c4c56)ccc2Cc2ccccc2)C=CCC1. The molecule has 1 heterocycles. The van der Waals surface area contributed by atoms with Gasteiger partial charge in [-0.2, -0.15) is 0 Å². The molecule has 6 aromatic carbocycles. The Labute approximate surface area is 308 Å². The molecule has 1 aliphatic heterocycles. The fourth-order valence-corrected chi connectivity index (χ4v) is 8.73. The van der Waals surface area contributed by atoms with Crippen LogP contribution in [0, 0.1) is 0 Å². The van der Waals surface area contributed by atoms with E-state index < -0.39 is 0 Å². The van der Waals surface area contributed by atoms with E-state index in [1.807, 2.05) is 6.20 Å². The normalized spacial score (nSPS) is 16.4. The molecule has 1 N–H and O–H groups in total. The van der Waals surface area contributed by atoms with Gasteiger partial charge in [-0.3, -0.25) is 0 Å². The molecule has 0 bridgehead atoms. The van der Waals surface area contributed by atoms with Gasteiger partial charge in [-0.15, -0.1) is 0 Å². The Kier molecular flexibility index (Phi) is 8.11. The van der Waals surface area contributed by atoms with Crippen molar-refractivity contribution in [2.75, 3.05) is 6.54 Å². The first-order valence-corrected chi connectivity index (χ1v) is 19.1. The smallest absolute Gasteiger partial charge is 0.0398 e. The van der Waals surface area contributed by atoms with E-state index in [0.717, 1.165) is 38.6 Å². The second-order valence-corrected chi connectivity index (χ2v) is 16.1. The Morgan fingerprint density at radius 1 is 0.654 bits per heavy atom. The minimum Gasteiger partial charge on any atom is -0.387 e. The predicted molar refractivity (Wildman–Crippen MR) is 225 cm³/mol. The van der Waals surface area contributed by atoms with Crippen molar-refractivity contribution in [1.29, 1.82) is 0 Å². The first kappa shape index (κ1) is 32.5. The highest BCUT2D eigenvalue weighted by atomic mass is 14.8. The lowest BCUT2D eigenvalue weighted by molar-refractivity contribution is 0.591. The number of hydrogen-bond acceptors (Lipinski definition) is 1. The van der Waals surface area contributed by atoms with E-state index in [9.17, 15) is 0 Å². The van der Waals surface area contributed by atoms with E-state index in [4.69, 9.17) is 0 Å². The molecule has 52 heavy (non-hydrogen) atoms. The summed E-state index contributed by atoms with van der Waals surface area (Å²) >= 11 is 0. The molecule has 1 heteroatoms. The molecule has 0 saturated heterocycles. The molecule has 256 valence electrons. The second kappa shape index (κ2) is 13.0. The summed E-state index contributed by atoms with van der Waals surface area (Å²) in [6.07, 6.45) is 21.2. The van der Waals surface area contributed by atoms with Gasteiger partial charge in [0.2, 0.25) is 0 Å². The van der Waals surface area contributed by atoms with E-state index in [1.54, 1.807) is 0 Å². The molecule has 0 amide bonds.